The van der Waals surface area contributed by atoms with Crippen molar-refractivity contribution in [3.63, 3.8) is 0 Å². The van der Waals surface area contributed by atoms with Gasteiger partial charge in [-0.1, -0.05) is 36.4 Å². The molecular weight excluding hydrogens is 273 g/mol. The number of para-hydroxylation sites is 2. The third kappa shape index (κ3) is 2.64. The van der Waals surface area contributed by atoms with E-state index in [4.69, 9.17) is 9.31 Å². The van der Waals surface area contributed by atoms with Gasteiger partial charge in [0.25, 0.3) is 0 Å². The Morgan fingerprint density at radius 2 is 1.05 bits per heavy atom. The zero-order chi connectivity index (χ0) is 15.8. The Balaban J connectivity index is 2.01. The van der Waals surface area contributed by atoms with Gasteiger partial charge < -0.3 is 14.1 Å². The zero-order valence-corrected chi connectivity index (χ0v) is 13.6. The van der Waals surface area contributed by atoms with E-state index in [0.717, 1.165) is 11.4 Å². The molecule has 2 aromatic rings. The molecule has 1 heterocycles. The molecule has 0 bridgehead atoms. The minimum absolute atomic E-state index is 0.362. The van der Waals surface area contributed by atoms with Crippen LogP contribution in [0.2, 0.25) is 0 Å². The molecule has 4 heteroatoms. The highest BCUT2D eigenvalue weighted by atomic mass is 16.7. The minimum atomic E-state index is -0.449. The Morgan fingerprint density at radius 3 is 1.41 bits per heavy atom. The monoisotopic (exact) mass is 295 g/mol. The molecule has 0 spiro atoms. The van der Waals surface area contributed by atoms with Crippen molar-refractivity contribution in [3.8, 4) is 0 Å². The lowest BCUT2D eigenvalue weighted by atomic mass is 9.90. The molecule has 1 saturated heterocycles. The first-order valence-corrected chi connectivity index (χ1v) is 7.66. The summed E-state index contributed by atoms with van der Waals surface area (Å²) in [6.07, 6.45) is 0. The maximum Gasteiger partial charge on any atom is 0.598 e. The molecule has 1 aliphatic heterocycles. The van der Waals surface area contributed by atoms with Crippen LogP contribution < -0.4 is 4.81 Å². The Hall–Kier alpha value is -1.78. The van der Waals surface area contributed by atoms with Crippen LogP contribution in [0.1, 0.15) is 27.7 Å². The van der Waals surface area contributed by atoms with Gasteiger partial charge in [0.05, 0.1) is 11.2 Å². The van der Waals surface area contributed by atoms with Gasteiger partial charge in [-0.2, -0.15) is 0 Å². The maximum absolute atomic E-state index is 6.24. The molecule has 0 saturated carbocycles. The smallest absolute Gasteiger partial charge is 0.384 e. The molecule has 0 aromatic heterocycles. The number of benzene rings is 2. The predicted octanol–water partition coefficient (Wildman–Crippen LogP) is 4.41. The van der Waals surface area contributed by atoms with Gasteiger partial charge >= 0.3 is 7.25 Å². The molecule has 0 atom stereocenters. The summed E-state index contributed by atoms with van der Waals surface area (Å²) in [5.41, 5.74) is 1.37. The van der Waals surface area contributed by atoms with Crippen molar-refractivity contribution < 1.29 is 9.31 Å². The van der Waals surface area contributed by atoms with E-state index in [9.17, 15) is 0 Å². The average molecular weight is 295 g/mol. The maximum atomic E-state index is 6.24. The summed E-state index contributed by atoms with van der Waals surface area (Å²) in [6.45, 7) is 8.28. The van der Waals surface area contributed by atoms with E-state index in [1.807, 2.05) is 36.4 Å². The van der Waals surface area contributed by atoms with Crippen molar-refractivity contribution in [2.75, 3.05) is 4.81 Å². The van der Waals surface area contributed by atoms with Gasteiger partial charge in [0, 0.05) is 11.4 Å². The molecule has 0 radical (unpaired) electrons. The van der Waals surface area contributed by atoms with E-state index in [1.54, 1.807) is 0 Å². The summed E-state index contributed by atoms with van der Waals surface area (Å²) in [6, 6.07) is 20.4. The second-order valence-electron chi connectivity index (χ2n) is 6.60. The van der Waals surface area contributed by atoms with Gasteiger partial charge in [-0.15, -0.1) is 0 Å². The fourth-order valence-corrected chi connectivity index (χ4v) is 2.49. The molecule has 114 valence electrons. The van der Waals surface area contributed by atoms with Crippen molar-refractivity contribution in [1.82, 2.24) is 0 Å². The Labute approximate surface area is 133 Å². The van der Waals surface area contributed by atoms with Crippen LogP contribution in [0.3, 0.4) is 0 Å². The van der Waals surface area contributed by atoms with Gasteiger partial charge in [0.2, 0.25) is 0 Å². The first-order valence-electron chi connectivity index (χ1n) is 7.66. The number of hydrogen-bond donors (Lipinski definition) is 0. The van der Waals surface area contributed by atoms with E-state index in [1.165, 1.54) is 0 Å². The van der Waals surface area contributed by atoms with E-state index in [2.05, 4.69) is 56.8 Å². The van der Waals surface area contributed by atoms with Crippen LogP contribution in [0.4, 0.5) is 11.4 Å². The summed E-state index contributed by atoms with van der Waals surface area (Å²) in [5, 5.41) is 0. The van der Waals surface area contributed by atoms with Crippen LogP contribution in [0, 0.1) is 0 Å². The predicted molar refractivity (Wildman–Crippen MR) is 91.1 cm³/mol. The minimum Gasteiger partial charge on any atom is -0.384 e. The molecule has 0 N–H and O–H groups in total. The number of nitrogens with zero attached hydrogens (tertiary/aromatic N) is 1. The van der Waals surface area contributed by atoms with Gasteiger partial charge in [-0.25, -0.2) is 0 Å². The summed E-state index contributed by atoms with van der Waals surface area (Å²) >= 11 is 0. The second-order valence-corrected chi connectivity index (χ2v) is 6.60. The SMILES string of the molecule is CC1(C)OB(N(c2ccccc2)c2ccccc2)OC1(C)C. The standard InChI is InChI=1S/C18H22BNO2/c1-17(2)18(3,4)22-19(21-17)20(15-11-7-5-8-12-15)16-13-9-6-10-14-16/h5-14H,1-4H3. The van der Waals surface area contributed by atoms with Crippen molar-refractivity contribution >= 4 is 18.6 Å². The second kappa shape index (κ2) is 5.45. The first kappa shape index (κ1) is 15.1. The lowest BCUT2D eigenvalue weighted by Crippen LogP contribution is -2.41. The van der Waals surface area contributed by atoms with Gasteiger partial charge in [0.1, 0.15) is 0 Å². The molecule has 3 nitrogen and oxygen atoms in total. The lowest BCUT2D eigenvalue weighted by molar-refractivity contribution is 0.00578. The molecule has 0 unspecified atom stereocenters. The van der Waals surface area contributed by atoms with Crippen LogP contribution in [0.25, 0.3) is 0 Å². The van der Waals surface area contributed by atoms with E-state index < -0.39 is 7.25 Å². The quantitative estimate of drug-likeness (QED) is 0.783. The largest absolute Gasteiger partial charge is 0.598 e. The molecule has 0 aliphatic carbocycles. The molecular formula is C18H22BNO2. The Kier molecular flexibility index (Phi) is 3.75. The number of anilines is 2. The van der Waals surface area contributed by atoms with Crippen LogP contribution in [-0.2, 0) is 9.31 Å². The normalized spacial score (nSPS) is 19.2. The van der Waals surface area contributed by atoms with Crippen molar-refractivity contribution in [2.24, 2.45) is 0 Å². The van der Waals surface area contributed by atoms with Crippen molar-refractivity contribution in [3.05, 3.63) is 60.7 Å². The van der Waals surface area contributed by atoms with Crippen LogP contribution in [0.15, 0.2) is 60.7 Å². The molecule has 0 amide bonds. The summed E-state index contributed by atoms with van der Waals surface area (Å²) < 4.78 is 12.5. The molecule has 1 fully saturated rings. The van der Waals surface area contributed by atoms with Gasteiger partial charge in [0.15, 0.2) is 0 Å². The van der Waals surface area contributed by atoms with E-state index in [-0.39, 0.29) is 11.2 Å². The lowest BCUT2D eigenvalue weighted by Gasteiger charge is -2.32. The third-order valence-electron chi connectivity index (χ3n) is 4.52. The topological polar surface area (TPSA) is 21.7 Å². The van der Waals surface area contributed by atoms with Crippen molar-refractivity contribution in [1.29, 1.82) is 0 Å². The van der Waals surface area contributed by atoms with Crippen molar-refractivity contribution in [2.45, 2.75) is 38.9 Å². The zero-order valence-electron chi connectivity index (χ0n) is 13.6. The van der Waals surface area contributed by atoms with E-state index >= 15 is 0 Å². The number of hydrogen-bond acceptors (Lipinski definition) is 3. The Morgan fingerprint density at radius 1 is 0.682 bits per heavy atom. The summed E-state index contributed by atoms with van der Waals surface area (Å²) in [7, 11) is -0.449. The molecule has 3 rings (SSSR count). The molecule has 2 aromatic carbocycles. The molecule has 22 heavy (non-hydrogen) atoms. The highest BCUT2D eigenvalue weighted by Crippen LogP contribution is 2.40. The first-order chi connectivity index (χ1) is 10.4. The summed E-state index contributed by atoms with van der Waals surface area (Å²) in [5.74, 6) is 0. The average Bonchev–Trinajstić information content (AvgIpc) is 2.69. The molecule has 1 aliphatic rings. The van der Waals surface area contributed by atoms with Gasteiger partial charge in [-0.3, -0.25) is 0 Å². The summed E-state index contributed by atoms with van der Waals surface area (Å²) in [4.78, 5) is 2.09. The number of rotatable bonds is 3. The third-order valence-corrected chi connectivity index (χ3v) is 4.52. The highest BCUT2D eigenvalue weighted by molar-refractivity contribution is 6.53. The fraction of sp³-hybridized carbons (Fsp3) is 0.333. The van der Waals surface area contributed by atoms with Crippen LogP contribution in [0.5, 0.6) is 0 Å². The Bertz CT molecular complexity index is 573. The fourth-order valence-electron chi connectivity index (χ4n) is 2.49. The van der Waals surface area contributed by atoms with Crippen LogP contribution in [-0.4, -0.2) is 18.5 Å². The van der Waals surface area contributed by atoms with Crippen LogP contribution >= 0.6 is 0 Å². The van der Waals surface area contributed by atoms with Gasteiger partial charge in [-0.05, 0) is 52.0 Å². The van der Waals surface area contributed by atoms with E-state index in [0.29, 0.717) is 0 Å². The highest BCUT2D eigenvalue weighted by Gasteiger charge is 2.54.